The molecule has 0 fully saturated rings. The van der Waals surface area contributed by atoms with Crippen molar-refractivity contribution in [1.29, 1.82) is 0 Å². The topological polar surface area (TPSA) is 224 Å². The van der Waals surface area contributed by atoms with Gasteiger partial charge in [-0.3, -0.25) is 48.4 Å². The van der Waals surface area contributed by atoms with Crippen molar-refractivity contribution in [3.63, 3.8) is 0 Å². The summed E-state index contributed by atoms with van der Waals surface area (Å²) in [6.07, 6.45) is 13.2. The van der Waals surface area contributed by atoms with E-state index in [0.29, 0.717) is 96.3 Å². The van der Waals surface area contributed by atoms with E-state index in [2.05, 4.69) is 10.6 Å². The Kier molecular flexibility index (Phi) is 17.4. The molecule has 0 unspecified atom stereocenters. The molecular weight excluding hydrogens is 1020 g/mol. The van der Waals surface area contributed by atoms with Gasteiger partial charge < -0.3 is 44.1 Å². The van der Waals surface area contributed by atoms with Crippen LogP contribution in [0.3, 0.4) is 0 Å². The van der Waals surface area contributed by atoms with Crippen molar-refractivity contribution in [3.05, 3.63) is 120 Å². The first-order chi connectivity index (χ1) is 38.6. The minimum Gasteiger partial charge on any atom is -0.497 e. The molecule has 2 N–H and O–H groups in total. The highest BCUT2D eigenvalue weighted by atomic mass is 16.5. The van der Waals surface area contributed by atoms with Gasteiger partial charge in [0.1, 0.15) is 5.75 Å². The highest BCUT2D eigenvalue weighted by Crippen LogP contribution is 2.42. The number of aliphatic imine (C=N–C) groups is 2. The minimum absolute atomic E-state index is 0.0682. The lowest BCUT2D eigenvalue weighted by atomic mass is 9.92. The van der Waals surface area contributed by atoms with Crippen molar-refractivity contribution in [1.82, 2.24) is 20.0 Å². The molecule has 416 valence electrons. The third-order valence-corrected chi connectivity index (χ3v) is 14.7. The minimum atomic E-state index is -0.759. The summed E-state index contributed by atoms with van der Waals surface area (Å²) < 4.78 is 29.0. The zero-order valence-corrected chi connectivity index (χ0v) is 45.7. The zero-order chi connectivity index (χ0) is 56.6. The van der Waals surface area contributed by atoms with Gasteiger partial charge in [0.15, 0.2) is 28.8 Å². The third kappa shape index (κ3) is 12.5. The van der Waals surface area contributed by atoms with E-state index < -0.39 is 12.0 Å². The smallest absolute Gasteiger partial charge is 0.260 e. The Hall–Kier alpha value is -8.87. The van der Waals surface area contributed by atoms with E-state index in [1.54, 1.807) is 72.7 Å². The highest BCUT2D eigenvalue weighted by molar-refractivity contribution is 6.13. The van der Waals surface area contributed by atoms with Crippen LogP contribution >= 0.6 is 0 Å². The number of hydrogen-bond donors (Lipinski definition) is 2. The Bertz CT molecular complexity index is 3220. The number of amides is 6. The number of unbranched alkanes of at least 4 members (excludes halogenated alkanes) is 2. The highest BCUT2D eigenvalue weighted by Gasteiger charge is 2.36. The quantitative estimate of drug-likeness (QED) is 0.0497. The van der Waals surface area contributed by atoms with Crippen molar-refractivity contribution in [2.24, 2.45) is 21.8 Å². The van der Waals surface area contributed by atoms with E-state index >= 15 is 0 Å². The van der Waals surface area contributed by atoms with E-state index in [1.807, 2.05) is 62.6 Å². The molecule has 0 aliphatic carbocycles. The van der Waals surface area contributed by atoms with Crippen LogP contribution in [0.25, 0.3) is 11.1 Å². The number of anilines is 1. The predicted octanol–water partition coefficient (Wildman–Crippen LogP) is 8.66. The number of methoxy groups -OCH3 is 3. The number of nitrogens with one attached hydrogen (secondary N) is 2. The summed E-state index contributed by atoms with van der Waals surface area (Å²) >= 11 is 0. The second-order valence-corrected chi connectivity index (χ2v) is 20.6. The number of rotatable bonds is 24. The summed E-state index contributed by atoms with van der Waals surface area (Å²) in [6.45, 7) is 6.15. The standard InChI is InChI=1S/C61H65N7O12/c1-36(2)58(65-55(70)11-8-7-9-22-66-56(71)20-21-57(66)72)50(69)25-37(3)59(73)64-42-16-12-38(13-17-42)40-26-43-32-62-48-30-53(51(77-5)28-46(48)60(74)67(43)34-40)79-23-10-24-80-54-31-49-47(29-52(54)78-6)61(75)68-35-41(27-44(68)33-63-49)39-14-18-45(76-4)19-15-39/h12-21,28-37,43-44,58H,7-11,22-27H2,1-6H3,(H,64,73)(H,65,70)/t37-,43+,44+,58+/m1/s1. The first-order valence-corrected chi connectivity index (χ1v) is 26.9. The fourth-order valence-corrected chi connectivity index (χ4v) is 10.2. The van der Waals surface area contributed by atoms with E-state index in [9.17, 15) is 33.6 Å². The van der Waals surface area contributed by atoms with Crippen LogP contribution in [0.15, 0.2) is 107 Å². The van der Waals surface area contributed by atoms with Crippen molar-refractivity contribution >= 4 is 81.9 Å². The van der Waals surface area contributed by atoms with Crippen LogP contribution in [0.1, 0.15) is 104 Å². The SMILES string of the molecule is COc1ccc(C2=CN3C(=O)c4cc(OC)c(OCCCOc5cc6c(cc5OC)C(=O)N5C=C(c7ccc(NC(=O)[C@H](C)CC(=O)[C@@H](NC(=O)CCCCCN8C(=O)C=CC8=O)C(C)C)cc7)C[C@H]5C=N6)cc4N=C[C@@H]3C2)cc1. The molecule has 0 aromatic heterocycles. The molecule has 19 nitrogen and oxygen atoms in total. The Morgan fingerprint density at radius 3 is 1.66 bits per heavy atom. The summed E-state index contributed by atoms with van der Waals surface area (Å²) in [4.78, 5) is 105. The molecule has 0 radical (unpaired) electrons. The second kappa shape index (κ2) is 24.9. The largest absolute Gasteiger partial charge is 0.497 e. The van der Waals surface area contributed by atoms with Gasteiger partial charge in [0.25, 0.3) is 23.6 Å². The number of Topliss-reactive ketones (excluding diaryl/α,β-unsaturated/α-hetero) is 1. The van der Waals surface area contributed by atoms with E-state index in [-0.39, 0.29) is 85.3 Å². The summed E-state index contributed by atoms with van der Waals surface area (Å²) in [5, 5.41) is 5.74. The first kappa shape index (κ1) is 55.9. The number of carbonyl (C=O) groups is 7. The fourth-order valence-electron chi connectivity index (χ4n) is 10.2. The Balaban J connectivity index is 0.739. The number of benzene rings is 4. The van der Waals surface area contributed by atoms with Gasteiger partial charge in [0.05, 0.1) is 75.2 Å². The van der Waals surface area contributed by atoms with Gasteiger partial charge in [-0.1, -0.05) is 51.5 Å². The van der Waals surface area contributed by atoms with Crippen molar-refractivity contribution in [2.75, 3.05) is 46.4 Å². The van der Waals surface area contributed by atoms with Gasteiger partial charge in [-0.25, -0.2) is 0 Å². The van der Waals surface area contributed by atoms with Crippen LogP contribution in [-0.4, -0.2) is 128 Å². The van der Waals surface area contributed by atoms with Gasteiger partial charge in [-0.05, 0) is 77.4 Å². The van der Waals surface area contributed by atoms with Crippen LogP contribution in [0.4, 0.5) is 17.1 Å². The molecule has 80 heavy (non-hydrogen) atoms. The first-order valence-electron chi connectivity index (χ1n) is 26.9. The average molecular weight is 1090 g/mol. The molecule has 4 aromatic rings. The molecule has 6 amide bonds. The number of ketones is 1. The van der Waals surface area contributed by atoms with Gasteiger partial charge >= 0.3 is 0 Å². The average Bonchev–Trinajstić information content (AvgIpc) is 4.15. The Morgan fingerprint density at radius 2 is 1.16 bits per heavy atom. The molecule has 5 heterocycles. The van der Waals surface area contributed by atoms with Crippen LogP contribution in [-0.2, 0) is 24.0 Å². The van der Waals surface area contributed by atoms with E-state index in [4.69, 9.17) is 33.7 Å². The lowest BCUT2D eigenvalue weighted by molar-refractivity contribution is -0.137. The molecule has 0 saturated heterocycles. The van der Waals surface area contributed by atoms with Crippen molar-refractivity contribution in [2.45, 2.75) is 90.3 Å². The van der Waals surface area contributed by atoms with Gasteiger partial charge in [-0.15, -0.1) is 0 Å². The maximum atomic E-state index is 14.1. The normalized spacial score (nSPS) is 17.7. The Labute approximate surface area is 464 Å². The molecule has 5 aliphatic heterocycles. The van der Waals surface area contributed by atoms with Crippen molar-refractivity contribution < 1.29 is 57.2 Å². The monoisotopic (exact) mass is 1090 g/mol. The van der Waals surface area contributed by atoms with Gasteiger partial charge in [0, 0.05) is 99.4 Å². The Morgan fingerprint density at radius 1 is 0.637 bits per heavy atom. The van der Waals surface area contributed by atoms with Crippen LogP contribution < -0.4 is 34.3 Å². The number of hydrogen-bond acceptors (Lipinski definition) is 14. The second-order valence-electron chi connectivity index (χ2n) is 20.6. The predicted molar refractivity (Wildman–Crippen MR) is 301 cm³/mol. The van der Waals surface area contributed by atoms with Gasteiger partial charge in [-0.2, -0.15) is 0 Å². The van der Waals surface area contributed by atoms with Crippen LogP contribution in [0.5, 0.6) is 28.7 Å². The van der Waals surface area contributed by atoms with Crippen LogP contribution in [0, 0.1) is 11.8 Å². The van der Waals surface area contributed by atoms with Crippen molar-refractivity contribution in [3.8, 4) is 28.7 Å². The van der Waals surface area contributed by atoms with Gasteiger partial charge in [0.2, 0.25) is 11.8 Å². The third-order valence-electron chi connectivity index (χ3n) is 14.7. The fraction of sp³-hybridized carbons (Fsp3) is 0.361. The number of imide groups is 1. The summed E-state index contributed by atoms with van der Waals surface area (Å²) in [6, 6.07) is 20.4. The zero-order valence-electron chi connectivity index (χ0n) is 45.7. The summed E-state index contributed by atoms with van der Waals surface area (Å²) in [5.74, 6) is -0.447. The number of carbonyl (C=O) groups excluding carboxylic acids is 7. The molecule has 0 spiro atoms. The lowest BCUT2D eigenvalue weighted by Gasteiger charge is -2.23. The summed E-state index contributed by atoms with van der Waals surface area (Å²) in [5.41, 5.74) is 6.03. The number of ether oxygens (including phenoxy) is 5. The molecule has 5 aliphatic rings. The van der Waals surface area contributed by atoms with Crippen LogP contribution in [0.2, 0.25) is 0 Å². The molecule has 4 aromatic carbocycles. The van der Waals surface area contributed by atoms with E-state index in [0.717, 1.165) is 28.0 Å². The molecule has 0 bridgehead atoms. The van der Waals surface area contributed by atoms with E-state index in [1.165, 1.54) is 31.3 Å². The maximum Gasteiger partial charge on any atom is 0.260 e. The molecule has 4 atom stereocenters. The number of nitrogens with zero attached hydrogens (tertiary/aromatic N) is 5. The molecule has 19 heteroatoms. The number of fused-ring (bicyclic) bond motifs is 4. The molecule has 0 saturated carbocycles. The lowest BCUT2D eigenvalue weighted by Crippen LogP contribution is -2.45. The molecule has 9 rings (SSSR count). The molecular formula is C61H65N7O12. The maximum absolute atomic E-state index is 14.1. The summed E-state index contributed by atoms with van der Waals surface area (Å²) in [7, 11) is 4.66.